The summed E-state index contributed by atoms with van der Waals surface area (Å²) in [5.41, 5.74) is 2.64. The van der Waals surface area contributed by atoms with Crippen molar-refractivity contribution in [3.8, 4) is 5.69 Å². The second-order valence-corrected chi connectivity index (χ2v) is 9.54. The number of halogens is 1. The van der Waals surface area contributed by atoms with Gasteiger partial charge in [-0.3, -0.25) is 14.2 Å². The normalized spacial score (nSPS) is 12.0. The number of fused-ring (bicyclic) bond motifs is 1. The summed E-state index contributed by atoms with van der Waals surface area (Å²) in [6.45, 7) is 6.62. The molecule has 0 saturated carbocycles. The zero-order valence-corrected chi connectivity index (χ0v) is 21.8. The van der Waals surface area contributed by atoms with Crippen molar-refractivity contribution in [3.63, 3.8) is 0 Å². The highest BCUT2D eigenvalue weighted by molar-refractivity contribution is 6.33. The molecule has 3 aromatic carbocycles. The molecule has 1 atom stereocenters. The van der Waals surface area contributed by atoms with Gasteiger partial charge >= 0.3 is 0 Å². The number of unbranched alkanes of at least 4 members (excludes halogenated alkanes) is 3. The van der Waals surface area contributed by atoms with E-state index in [1.54, 1.807) is 22.8 Å². The van der Waals surface area contributed by atoms with Crippen LogP contribution < -0.4 is 5.56 Å². The Hall–Kier alpha value is -3.44. The fraction of sp³-hybridized carbons (Fsp3) is 0.300. The van der Waals surface area contributed by atoms with E-state index in [9.17, 15) is 9.59 Å². The van der Waals surface area contributed by atoms with E-state index < -0.39 is 6.04 Å². The molecular weight excluding hydrogens is 470 g/mol. The van der Waals surface area contributed by atoms with Gasteiger partial charge in [-0.2, -0.15) is 0 Å². The highest BCUT2D eigenvalue weighted by Gasteiger charge is 2.28. The molecule has 0 aliphatic carbocycles. The number of hydrogen-bond acceptors (Lipinski definition) is 3. The number of carbonyl (C=O) groups is 1. The van der Waals surface area contributed by atoms with Crippen molar-refractivity contribution in [2.24, 2.45) is 0 Å². The van der Waals surface area contributed by atoms with Crippen LogP contribution in [-0.4, -0.2) is 26.9 Å². The maximum atomic E-state index is 13.8. The first-order valence-electron chi connectivity index (χ1n) is 12.6. The largest absolute Gasteiger partial charge is 0.329 e. The Labute approximate surface area is 217 Å². The van der Waals surface area contributed by atoms with Gasteiger partial charge < -0.3 is 4.90 Å². The number of carbonyl (C=O) groups excluding carboxylic acids is 1. The first kappa shape index (κ1) is 25.6. The van der Waals surface area contributed by atoms with E-state index in [1.807, 2.05) is 73.3 Å². The van der Waals surface area contributed by atoms with Crippen molar-refractivity contribution < 1.29 is 4.79 Å². The predicted octanol–water partition coefficient (Wildman–Crippen LogP) is 7.13. The molecule has 1 aromatic heterocycles. The third-order valence-electron chi connectivity index (χ3n) is 6.62. The Balaban J connectivity index is 1.88. The molecule has 0 radical (unpaired) electrons. The van der Waals surface area contributed by atoms with Crippen molar-refractivity contribution in [3.05, 3.63) is 105 Å². The summed E-state index contributed by atoms with van der Waals surface area (Å²) >= 11 is 6.43. The van der Waals surface area contributed by atoms with Crippen LogP contribution in [0.15, 0.2) is 77.6 Å². The van der Waals surface area contributed by atoms with Crippen molar-refractivity contribution in [2.75, 3.05) is 6.54 Å². The van der Waals surface area contributed by atoms with Gasteiger partial charge in [-0.25, -0.2) is 4.98 Å². The van der Waals surface area contributed by atoms with Crippen molar-refractivity contribution in [2.45, 2.75) is 52.5 Å². The zero-order valence-electron chi connectivity index (χ0n) is 21.1. The van der Waals surface area contributed by atoms with E-state index >= 15 is 0 Å². The van der Waals surface area contributed by atoms with Gasteiger partial charge in [0.2, 0.25) is 0 Å². The second kappa shape index (κ2) is 11.5. The Morgan fingerprint density at radius 1 is 0.972 bits per heavy atom. The van der Waals surface area contributed by atoms with Gasteiger partial charge in [-0.15, -0.1) is 0 Å². The summed E-state index contributed by atoms with van der Waals surface area (Å²) in [6, 6.07) is 21.8. The van der Waals surface area contributed by atoms with Gasteiger partial charge in [-0.1, -0.05) is 80.3 Å². The molecule has 1 heterocycles. The first-order valence-corrected chi connectivity index (χ1v) is 12.9. The number of nitrogens with zero attached hydrogens (tertiary/aromatic N) is 3. The lowest BCUT2D eigenvalue weighted by Crippen LogP contribution is -2.38. The molecule has 1 unspecified atom stereocenters. The minimum atomic E-state index is -0.465. The summed E-state index contributed by atoms with van der Waals surface area (Å²) in [4.78, 5) is 34.4. The quantitative estimate of drug-likeness (QED) is 0.229. The Bertz CT molecular complexity index is 1430. The van der Waals surface area contributed by atoms with Crippen molar-refractivity contribution in [1.29, 1.82) is 0 Å². The molecule has 0 fully saturated rings. The lowest BCUT2D eigenvalue weighted by atomic mass is 10.1. The van der Waals surface area contributed by atoms with Crippen LogP contribution in [0.25, 0.3) is 16.6 Å². The van der Waals surface area contributed by atoms with Gasteiger partial charge in [0.1, 0.15) is 5.82 Å². The summed E-state index contributed by atoms with van der Waals surface area (Å²) in [7, 11) is 0. The second-order valence-electron chi connectivity index (χ2n) is 9.13. The minimum Gasteiger partial charge on any atom is -0.329 e. The predicted molar refractivity (Wildman–Crippen MR) is 147 cm³/mol. The van der Waals surface area contributed by atoms with Crippen LogP contribution in [0.1, 0.15) is 67.3 Å². The maximum Gasteiger partial charge on any atom is 0.266 e. The molecule has 0 spiro atoms. The number of amides is 1. The minimum absolute atomic E-state index is 0.145. The number of aromatic nitrogens is 2. The van der Waals surface area contributed by atoms with Gasteiger partial charge in [0.25, 0.3) is 11.5 Å². The fourth-order valence-electron chi connectivity index (χ4n) is 4.59. The third kappa shape index (κ3) is 5.21. The number of aryl methyl sites for hydroxylation is 1. The van der Waals surface area contributed by atoms with Gasteiger partial charge in [0, 0.05) is 6.54 Å². The van der Waals surface area contributed by atoms with Gasteiger partial charge in [-0.05, 0) is 56.2 Å². The maximum absolute atomic E-state index is 13.8. The highest BCUT2D eigenvalue weighted by Crippen LogP contribution is 2.28. The molecule has 36 heavy (non-hydrogen) atoms. The molecule has 6 heteroatoms. The van der Waals surface area contributed by atoms with Crippen LogP contribution >= 0.6 is 11.6 Å². The molecule has 1 amide bonds. The summed E-state index contributed by atoms with van der Waals surface area (Å²) < 4.78 is 1.67. The molecule has 0 aliphatic rings. The molecule has 4 rings (SSSR count). The van der Waals surface area contributed by atoms with Gasteiger partial charge in [0.05, 0.1) is 33.2 Å². The molecule has 0 N–H and O–H groups in total. The average molecular weight is 502 g/mol. The van der Waals surface area contributed by atoms with Crippen LogP contribution in [0, 0.1) is 6.92 Å². The van der Waals surface area contributed by atoms with E-state index in [0.717, 1.165) is 36.9 Å². The van der Waals surface area contributed by atoms with E-state index in [4.69, 9.17) is 16.6 Å². The van der Waals surface area contributed by atoms with E-state index in [1.165, 1.54) is 0 Å². The van der Waals surface area contributed by atoms with E-state index in [0.29, 0.717) is 33.9 Å². The number of rotatable bonds is 9. The number of hydrogen-bond donors (Lipinski definition) is 0. The summed E-state index contributed by atoms with van der Waals surface area (Å²) in [5.74, 6) is 0.368. The summed E-state index contributed by atoms with van der Waals surface area (Å²) in [6.07, 6.45) is 4.08. The van der Waals surface area contributed by atoms with Crippen LogP contribution in [0.5, 0.6) is 0 Å². The average Bonchev–Trinajstić information content (AvgIpc) is 2.89. The standard InChI is InChI=1S/C30H32ClN3O2/c1-4-5-6-13-20-33(29(35)23-15-8-10-17-25(23)31)22(3)28-32-26-18-11-9-16-24(26)30(36)34(28)27-19-12-7-14-21(27)2/h7-12,14-19,22H,4-6,13,20H2,1-3H3. The third-order valence-corrected chi connectivity index (χ3v) is 6.95. The molecular formula is C30H32ClN3O2. The number of para-hydroxylation sites is 2. The van der Waals surface area contributed by atoms with Crippen LogP contribution in [0.3, 0.4) is 0 Å². The van der Waals surface area contributed by atoms with E-state index in [-0.39, 0.29) is 11.5 Å². The molecule has 186 valence electrons. The zero-order chi connectivity index (χ0) is 25.7. The van der Waals surface area contributed by atoms with Crippen LogP contribution in [0.2, 0.25) is 5.02 Å². The molecule has 0 saturated heterocycles. The Morgan fingerprint density at radius 3 is 2.42 bits per heavy atom. The monoisotopic (exact) mass is 501 g/mol. The van der Waals surface area contributed by atoms with Gasteiger partial charge in [0.15, 0.2) is 0 Å². The SMILES string of the molecule is CCCCCCN(C(=O)c1ccccc1Cl)C(C)c1nc2ccccc2c(=O)n1-c1ccccc1C. The highest BCUT2D eigenvalue weighted by atomic mass is 35.5. The Kier molecular flexibility index (Phi) is 8.21. The lowest BCUT2D eigenvalue weighted by Gasteiger charge is -2.31. The first-order chi connectivity index (χ1) is 17.4. The van der Waals surface area contributed by atoms with E-state index in [2.05, 4.69) is 6.92 Å². The lowest BCUT2D eigenvalue weighted by molar-refractivity contribution is 0.0677. The molecule has 0 aliphatic heterocycles. The van der Waals surface area contributed by atoms with Crippen molar-refractivity contribution in [1.82, 2.24) is 14.5 Å². The van der Waals surface area contributed by atoms with Crippen molar-refractivity contribution >= 4 is 28.4 Å². The smallest absolute Gasteiger partial charge is 0.266 e. The summed E-state index contributed by atoms with van der Waals surface area (Å²) in [5, 5.41) is 0.958. The fourth-order valence-corrected chi connectivity index (χ4v) is 4.80. The topological polar surface area (TPSA) is 55.2 Å². The molecule has 5 nitrogen and oxygen atoms in total. The Morgan fingerprint density at radius 2 is 1.67 bits per heavy atom. The molecule has 0 bridgehead atoms. The number of benzene rings is 3. The van der Waals surface area contributed by atoms with Crippen LogP contribution in [-0.2, 0) is 0 Å². The van der Waals surface area contributed by atoms with Crippen LogP contribution in [0.4, 0.5) is 0 Å². The molecule has 4 aromatic rings.